The number of rotatable bonds is 12. The molecule has 1 N–H and O–H groups in total. The van der Waals surface area contributed by atoms with Crippen molar-refractivity contribution in [3.63, 3.8) is 0 Å². The van der Waals surface area contributed by atoms with Gasteiger partial charge < -0.3 is 35.0 Å². The Hall–Kier alpha value is -8.57. The van der Waals surface area contributed by atoms with Gasteiger partial charge in [0.05, 0.1) is 34.9 Å². The van der Waals surface area contributed by atoms with Gasteiger partial charge in [0, 0.05) is 45.8 Å². The SMILES string of the molecule is CC#N.CC#N.CO.[O-]c1ccccc1C=Nc1ccc(Oc2ccc(N=Cc3ccccc3[O-])cc2)cc1.[O-]c1ccccc1C=Nc1ccc(Oc2ccc(N=Cc3ccccc3[O-])cc2)cc1.[Zn+2].[Zn+2]. The fraction of sp³-hybridized carbons (Fsp3) is 0.0526. The Morgan fingerprint density at radius 1 is 0.347 bits per heavy atom. The minimum atomic E-state index is -0.0591. The van der Waals surface area contributed by atoms with Crippen LogP contribution >= 0.6 is 0 Å². The van der Waals surface area contributed by atoms with Gasteiger partial charge in [0.2, 0.25) is 0 Å². The molecule has 8 rings (SSSR count). The van der Waals surface area contributed by atoms with Crippen LogP contribution in [0.4, 0.5) is 22.7 Å². The summed E-state index contributed by atoms with van der Waals surface area (Å²) in [6.07, 6.45) is 6.23. The van der Waals surface area contributed by atoms with E-state index in [9.17, 15) is 20.4 Å². The van der Waals surface area contributed by atoms with Gasteiger partial charge in [0.1, 0.15) is 23.0 Å². The van der Waals surface area contributed by atoms with E-state index in [1.807, 2.05) is 97.1 Å². The van der Waals surface area contributed by atoms with Gasteiger partial charge in [-0.25, -0.2) is 0 Å². The van der Waals surface area contributed by atoms with E-state index in [1.54, 1.807) is 110 Å². The van der Waals surface area contributed by atoms with Gasteiger partial charge in [0.15, 0.2) is 0 Å². The molecule has 8 aromatic carbocycles. The maximum Gasteiger partial charge on any atom is 2.00 e. The third kappa shape index (κ3) is 21.0. The van der Waals surface area contributed by atoms with Gasteiger partial charge in [-0.3, -0.25) is 20.0 Å². The molecule has 0 aliphatic rings. The summed E-state index contributed by atoms with van der Waals surface area (Å²) in [4.78, 5) is 17.3. The van der Waals surface area contributed by atoms with Crippen molar-refractivity contribution in [3.8, 4) is 58.1 Å². The van der Waals surface area contributed by atoms with E-state index in [1.165, 1.54) is 38.1 Å². The second kappa shape index (κ2) is 33.8. The summed E-state index contributed by atoms with van der Waals surface area (Å²) >= 11 is 0. The van der Waals surface area contributed by atoms with E-state index in [-0.39, 0.29) is 62.0 Å². The van der Waals surface area contributed by atoms with E-state index in [2.05, 4.69) is 20.0 Å². The molecule has 0 unspecified atom stereocenters. The summed E-state index contributed by atoms with van der Waals surface area (Å²) in [6.45, 7) is 2.86. The van der Waals surface area contributed by atoms with Crippen LogP contribution in [0, 0.1) is 22.7 Å². The smallest absolute Gasteiger partial charge is 0.872 e. The molecule has 0 fully saturated rings. The molecule has 72 heavy (non-hydrogen) atoms. The van der Waals surface area contributed by atoms with E-state index in [4.69, 9.17) is 25.1 Å². The second-order valence-electron chi connectivity index (χ2n) is 13.8. The molecular weight excluding hydrogens is 1010 g/mol. The van der Waals surface area contributed by atoms with E-state index >= 15 is 0 Å². The third-order valence-electron chi connectivity index (χ3n) is 8.91. The van der Waals surface area contributed by atoms with Crippen molar-refractivity contribution in [1.82, 2.24) is 0 Å². The third-order valence-corrected chi connectivity index (χ3v) is 8.91. The van der Waals surface area contributed by atoms with Gasteiger partial charge in [0.25, 0.3) is 0 Å². The Morgan fingerprint density at radius 2 is 0.514 bits per heavy atom. The molecule has 13 nitrogen and oxygen atoms in total. The van der Waals surface area contributed by atoms with Crippen LogP contribution in [0.15, 0.2) is 214 Å². The molecule has 8 aromatic rings. The predicted octanol–water partition coefficient (Wildman–Crippen LogP) is 10.9. The average Bonchev–Trinajstić information content (AvgIpc) is 3.38. The van der Waals surface area contributed by atoms with Crippen LogP contribution in [0.25, 0.3) is 0 Å². The van der Waals surface area contributed by atoms with Crippen molar-refractivity contribution >= 4 is 47.6 Å². The first-order valence-corrected chi connectivity index (χ1v) is 21.2. The zero-order valence-electron chi connectivity index (χ0n) is 39.8. The Balaban J connectivity index is 0.000000421. The average molecular weight is 1060 g/mol. The Kier molecular flexibility index (Phi) is 28.0. The normalized spacial score (nSPS) is 9.97. The number of nitrogens with zero attached hydrogens (tertiary/aromatic N) is 6. The fourth-order valence-electron chi connectivity index (χ4n) is 5.60. The summed E-state index contributed by atoms with van der Waals surface area (Å²) in [5, 5.41) is 68.5. The number of aliphatic hydroxyl groups excluding tert-OH is 1. The van der Waals surface area contributed by atoms with Crippen molar-refractivity contribution < 1.29 is 74.0 Å². The van der Waals surface area contributed by atoms with Crippen LogP contribution < -0.4 is 29.9 Å². The zero-order valence-corrected chi connectivity index (χ0v) is 45.7. The molecule has 0 atom stereocenters. The molecule has 0 heterocycles. The summed E-state index contributed by atoms with van der Waals surface area (Å²) in [7, 11) is 1.00. The quantitative estimate of drug-likeness (QED) is 0.0905. The van der Waals surface area contributed by atoms with Crippen LogP contribution in [-0.4, -0.2) is 37.1 Å². The number of nitriles is 2. The standard InChI is InChI=1S/2C26H20N2O3.2C2H3N.CH4O.2Zn/c2*29-25-7-3-1-5-19(25)17-27-21-9-13-23(14-10-21)31-24-15-11-22(12-16-24)28-18-20-6-2-4-8-26(20)30;2*1-2-3;1-2;;/h2*1-18,29-30H;2*1H3;2H,1H3;;/q;;;;;2*+2/p-4. The largest absolute Gasteiger partial charge is 2.00 e. The predicted molar refractivity (Wildman–Crippen MR) is 269 cm³/mol. The Labute approximate surface area is 444 Å². The summed E-state index contributed by atoms with van der Waals surface area (Å²) < 4.78 is 11.7. The monoisotopic (exact) mass is 1050 g/mol. The van der Waals surface area contributed by atoms with Crippen molar-refractivity contribution in [2.24, 2.45) is 20.0 Å². The maximum absolute atomic E-state index is 11.7. The number of ether oxygens (including phenoxy) is 2. The van der Waals surface area contributed by atoms with Crippen LogP contribution in [0.1, 0.15) is 36.1 Å². The van der Waals surface area contributed by atoms with Crippen molar-refractivity contribution in [2.45, 2.75) is 13.8 Å². The topological polar surface area (TPSA) is 228 Å². The molecule has 0 amide bonds. The number of para-hydroxylation sites is 4. The Morgan fingerprint density at radius 3 is 0.681 bits per heavy atom. The van der Waals surface area contributed by atoms with Crippen LogP contribution in [0.5, 0.6) is 46.0 Å². The minimum Gasteiger partial charge on any atom is -0.872 e. The maximum atomic E-state index is 11.7. The first-order valence-electron chi connectivity index (χ1n) is 21.2. The number of benzene rings is 8. The molecule has 0 saturated carbocycles. The second-order valence-corrected chi connectivity index (χ2v) is 13.8. The first kappa shape index (κ1) is 59.5. The van der Waals surface area contributed by atoms with Crippen molar-refractivity contribution in [3.05, 3.63) is 216 Å². The number of aliphatic hydroxyl groups is 1. The molecule has 0 bridgehead atoms. The summed E-state index contributed by atoms with van der Waals surface area (Å²) in [6, 6.07) is 59.6. The van der Waals surface area contributed by atoms with Crippen LogP contribution in [0.2, 0.25) is 0 Å². The van der Waals surface area contributed by atoms with Gasteiger partial charge in [-0.15, -0.1) is 23.0 Å². The van der Waals surface area contributed by atoms with Crippen LogP contribution in [-0.2, 0) is 39.0 Å². The van der Waals surface area contributed by atoms with Crippen molar-refractivity contribution in [2.75, 3.05) is 7.11 Å². The van der Waals surface area contributed by atoms with Crippen molar-refractivity contribution in [1.29, 1.82) is 10.5 Å². The van der Waals surface area contributed by atoms with Gasteiger partial charge in [-0.05, 0) is 119 Å². The first-order chi connectivity index (χ1) is 34.2. The van der Waals surface area contributed by atoms with Gasteiger partial charge in [-0.1, -0.05) is 97.1 Å². The van der Waals surface area contributed by atoms with Gasteiger partial charge in [-0.2, -0.15) is 10.5 Å². The Bertz CT molecular complexity index is 2640. The molecule has 350 valence electrons. The molecule has 0 aromatic heterocycles. The molecular formula is C57H46N6O7Zn2. The number of hydrogen-bond acceptors (Lipinski definition) is 13. The summed E-state index contributed by atoms with van der Waals surface area (Å²) in [5.41, 5.74) is 5.07. The van der Waals surface area contributed by atoms with Crippen LogP contribution in [0.3, 0.4) is 0 Å². The van der Waals surface area contributed by atoms with Gasteiger partial charge >= 0.3 is 39.0 Å². The fourth-order valence-corrected chi connectivity index (χ4v) is 5.60. The molecule has 0 radical (unpaired) electrons. The molecule has 0 saturated heterocycles. The minimum absolute atomic E-state index is 0. The van der Waals surface area contributed by atoms with E-state index < -0.39 is 0 Å². The zero-order chi connectivity index (χ0) is 50.4. The van der Waals surface area contributed by atoms with E-state index in [0.29, 0.717) is 45.3 Å². The molecule has 0 aliphatic carbocycles. The molecule has 0 aliphatic heterocycles. The number of hydrogen-bond donors (Lipinski definition) is 1. The number of aliphatic imine (C=N–C) groups is 4. The molecule has 15 heteroatoms. The molecule has 0 spiro atoms. The van der Waals surface area contributed by atoms with E-state index in [0.717, 1.165) is 29.9 Å². The summed E-state index contributed by atoms with van der Waals surface area (Å²) in [5.74, 6) is 2.43.